The number of aromatic nitrogens is 2. The van der Waals surface area contributed by atoms with Gasteiger partial charge in [-0.1, -0.05) is 11.6 Å². The van der Waals surface area contributed by atoms with Gasteiger partial charge in [-0.05, 0) is 27.2 Å². The van der Waals surface area contributed by atoms with Crippen molar-refractivity contribution in [2.75, 3.05) is 29.1 Å². The van der Waals surface area contributed by atoms with Gasteiger partial charge in [-0.25, -0.2) is 4.79 Å². The highest BCUT2D eigenvalue weighted by Crippen LogP contribution is 2.40. The van der Waals surface area contributed by atoms with Crippen molar-refractivity contribution in [1.82, 2.24) is 10.2 Å². The van der Waals surface area contributed by atoms with Gasteiger partial charge < -0.3 is 9.64 Å². The van der Waals surface area contributed by atoms with Gasteiger partial charge in [0.2, 0.25) is 0 Å². The smallest absolute Gasteiger partial charge is 0.416 e. The zero-order valence-corrected chi connectivity index (χ0v) is 16.5. The van der Waals surface area contributed by atoms with Gasteiger partial charge in [0, 0.05) is 12.6 Å². The second kappa shape index (κ2) is 6.50. The number of hydrogen-bond donors (Lipinski definition) is 0. The van der Waals surface area contributed by atoms with Crippen LogP contribution in [-0.2, 0) is 19.0 Å². The Kier molecular flexibility index (Phi) is 4.78. The largest absolute Gasteiger partial charge is 0.443 e. The van der Waals surface area contributed by atoms with Crippen LogP contribution in [0.4, 0.5) is 16.3 Å². The van der Waals surface area contributed by atoms with Crippen LogP contribution in [0.5, 0.6) is 0 Å². The van der Waals surface area contributed by atoms with Crippen molar-refractivity contribution in [1.29, 1.82) is 0 Å². The van der Waals surface area contributed by atoms with Gasteiger partial charge in [-0.2, -0.15) is 8.42 Å². The van der Waals surface area contributed by atoms with E-state index in [0.29, 0.717) is 31.0 Å². The molecule has 9 nitrogen and oxygen atoms in total. The number of amides is 1. The molecule has 0 unspecified atom stereocenters. The van der Waals surface area contributed by atoms with Crippen LogP contribution >= 0.6 is 11.6 Å². The maximum atomic E-state index is 12.6. The van der Waals surface area contributed by atoms with Crippen LogP contribution < -0.4 is 9.80 Å². The SMILES string of the molecule is CC(C)(C)OC(=O)N1C[C@H]2C[C@H](OS(C)(=O)=O)CN2c2cc(Cl)nnc21. The van der Waals surface area contributed by atoms with Gasteiger partial charge in [0.25, 0.3) is 10.1 Å². The zero-order valence-electron chi connectivity index (χ0n) is 15.0. The third-order valence-electron chi connectivity index (χ3n) is 3.98. The molecule has 0 saturated carbocycles. The maximum absolute atomic E-state index is 12.6. The molecule has 0 aromatic carbocycles. The molecule has 1 aromatic heterocycles. The molecule has 144 valence electrons. The van der Waals surface area contributed by atoms with Gasteiger partial charge >= 0.3 is 6.09 Å². The highest BCUT2D eigenvalue weighted by atomic mass is 35.5. The van der Waals surface area contributed by atoms with Crippen LogP contribution in [0.15, 0.2) is 6.07 Å². The average molecular weight is 405 g/mol. The Morgan fingerprint density at radius 1 is 1.31 bits per heavy atom. The van der Waals surface area contributed by atoms with Crippen LogP contribution in [0.1, 0.15) is 27.2 Å². The monoisotopic (exact) mass is 404 g/mol. The van der Waals surface area contributed by atoms with Crippen molar-refractivity contribution in [2.24, 2.45) is 0 Å². The molecule has 1 aromatic rings. The number of nitrogens with zero attached hydrogens (tertiary/aromatic N) is 4. The molecule has 0 aliphatic carbocycles. The first-order chi connectivity index (χ1) is 11.9. The fraction of sp³-hybridized carbons (Fsp3) is 0.667. The molecule has 1 fully saturated rings. The van der Waals surface area contributed by atoms with E-state index in [4.69, 9.17) is 20.5 Å². The summed E-state index contributed by atoms with van der Waals surface area (Å²) in [4.78, 5) is 16.0. The van der Waals surface area contributed by atoms with E-state index in [0.717, 1.165) is 6.26 Å². The number of halogens is 1. The summed E-state index contributed by atoms with van der Waals surface area (Å²) in [6.45, 7) is 5.99. The van der Waals surface area contributed by atoms with Crippen LogP contribution in [0, 0.1) is 0 Å². The Hall–Kier alpha value is -1.65. The second-order valence-corrected chi connectivity index (χ2v) is 9.42. The zero-order chi connectivity index (χ0) is 19.3. The second-order valence-electron chi connectivity index (χ2n) is 7.43. The molecule has 0 bridgehead atoms. The predicted octanol–water partition coefficient (Wildman–Crippen LogP) is 1.81. The normalized spacial score (nSPS) is 22.8. The molecule has 3 rings (SSSR count). The molecule has 2 atom stereocenters. The van der Waals surface area contributed by atoms with Crippen molar-refractivity contribution in [3.8, 4) is 0 Å². The third-order valence-corrected chi connectivity index (χ3v) is 4.79. The summed E-state index contributed by atoms with van der Waals surface area (Å²) in [6, 6.07) is 1.47. The van der Waals surface area contributed by atoms with E-state index in [1.54, 1.807) is 26.8 Å². The summed E-state index contributed by atoms with van der Waals surface area (Å²) in [6.07, 6.45) is 0.426. The number of anilines is 2. The van der Waals surface area contributed by atoms with E-state index >= 15 is 0 Å². The van der Waals surface area contributed by atoms with Gasteiger partial charge in [-0.3, -0.25) is 9.08 Å². The van der Waals surface area contributed by atoms with Crippen molar-refractivity contribution in [3.63, 3.8) is 0 Å². The van der Waals surface area contributed by atoms with Gasteiger partial charge in [0.15, 0.2) is 11.0 Å². The molecule has 0 spiro atoms. The Balaban J connectivity index is 1.92. The maximum Gasteiger partial charge on any atom is 0.416 e. The Morgan fingerprint density at radius 3 is 2.62 bits per heavy atom. The quantitative estimate of drug-likeness (QED) is 0.687. The topological polar surface area (TPSA) is 102 Å². The van der Waals surface area contributed by atoms with Gasteiger partial charge in [0.05, 0.1) is 30.6 Å². The van der Waals surface area contributed by atoms with Crippen molar-refractivity contribution in [3.05, 3.63) is 11.2 Å². The summed E-state index contributed by atoms with van der Waals surface area (Å²) in [5.74, 6) is 0.333. The minimum Gasteiger partial charge on any atom is -0.443 e. The fourth-order valence-electron chi connectivity index (χ4n) is 3.19. The molecule has 3 heterocycles. The first kappa shape index (κ1) is 19.1. The number of rotatable bonds is 2. The first-order valence-corrected chi connectivity index (χ1v) is 10.3. The third kappa shape index (κ3) is 4.18. The van der Waals surface area contributed by atoms with E-state index < -0.39 is 27.9 Å². The van der Waals surface area contributed by atoms with Gasteiger partial charge in [0.1, 0.15) is 5.60 Å². The standard InChI is InChI=1S/C15H21ClN4O5S/c1-15(2,3)24-14(21)20-7-9-5-10(25-26(4,22)23)8-19(9)11-6-12(16)17-18-13(11)20/h6,9-10H,5,7-8H2,1-4H3/t9-,10+/m1/s1. The van der Waals surface area contributed by atoms with Crippen LogP contribution in [0.2, 0.25) is 5.15 Å². The van der Waals surface area contributed by atoms with Crippen LogP contribution in [0.25, 0.3) is 0 Å². The average Bonchev–Trinajstić information content (AvgIpc) is 2.84. The van der Waals surface area contributed by atoms with E-state index in [1.807, 2.05) is 4.90 Å². The van der Waals surface area contributed by atoms with Crippen molar-refractivity contribution in [2.45, 2.75) is 44.9 Å². The number of fused-ring (bicyclic) bond motifs is 3. The number of carbonyl (C=O) groups excluding carboxylic acids is 1. The number of ether oxygens (including phenoxy) is 1. The summed E-state index contributed by atoms with van der Waals surface area (Å²) in [5.41, 5.74) is -0.0574. The lowest BCUT2D eigenvalue weighted by molar-refractivity contribution is 0.0574. The molecule has 26 heavy (non-hydrogen) atoms. The van der Waals surface area contributed by atoms with E-state index in [-0.39, 0.29) is 11.2 Å². The van der Waals surface area contributed by atoms with Crippen molar-refractivity contribution >= 4 is 39.3 Å². The first-order valence-electron chi connectivity index (χ1n) is 8.11. The molecular formula is C15H21ClN4O5S. The molecular weight excluding hydrogens is 384 g/mol. The number of hydrogen-bond acceptors (Lipinski definition) is 8. The summed E-state index contributed by atoms with van der Waals surface area (Å²) in [7, 11) is -3.58. The van der Waals surface area contributed by atoms with Gasteiger partial charge in [-0.15, -0.1) is 10.2 Å². The molecule has 0 radical (unpaired) electrons. The Labute approximate surface area is 157 Å². The molecule has 1 saturated heterocycles. The Bertz CT molecular complexity index is 826. The molecule has 1 amide bonds. The summed E-state index contributed by atoms with van der Waals surface area (Å²) in [5, 5.41) is 8.06. The van der Waals surface area contributed by atoms with Crippen LogP contribution in [-0.4, -0.2) is 61.8 Å². The number of carbonyl (C=O) groups is 1. The molecule has 11 heteroatoms. The molecule has 0 N–H and O–H groups in total. The Morgan fingerprint density at radius 2 is 2.00 bits per heavy atom. The minimum absolute atomic E-state index is 0.137. The molecule has 2 aliphatic heterocycles. The molecule has 2 aliphatic rings. The highest BCUT2D eigenvalue weighted by Gasteiger charge is 2.43. The summed E-state index contributed by atoms with van der Waals surface area (Å²) < 4.78 is 33.5. The lowest BCUT2D eigenvalue weighted by atomic mass is 10.1. The van der Waals surface area contributed by atoms with E-state index in [2.05, 4.69) is 10.2 Å². The van der Waals surface area contributed by atoms with E-state index in [9.17, 15) is 13.2 Å². The minimum atomic E-state index is -3.58. The van der Waals surface area contributed by atoms with E-state index in [1.165, 1.54) is 4.90 Å². The highest BCUT2D eigenvalue weighted by molar-refractivity contribution is 7.86. The van der Waals surface area contributed by atoms with Crippen LogP contribution in [0.3, 0.4) is 0 Å². The lowest BCUT2D eigenvalue weighted by Gasteiger charge is -2.38. The predicted molar refractivity (Wildman–Crippen MR) is 96.1 cm³/mol. The fourth-order valence-corrected chi connectivity index (χ4v) is 3.97. The van der Waals surface area contributed by atoms with Crippen molar-refractivity contribution < 1.29 is 22.1 Å². The lowest BCUT2D eigenvalue weighted by Crippen LogP contribution is -2.50. The summed E-state index contributed by atoms with van der Waals surface area (Å²) >= 11 is 5.98.